The van der Waals surface area contributed by atoms with E-state index in [1.807, 2.05) is 6.92 Å². The molecule has 0 spiro atoms. The summed E-state index contributed by atoms with van der Waals surface area (Å²) in [7, 11) is 0. The Morgan fingerprint density at radius 2 is 1.94 bits per heavy atom. The van der Waals surface area contributed by atoms with Gasteiger partial charge in [0.15, 0.2) is 0 Å². The Labute approximate surface area is 193 Å². The molecule has 176 valence electrons. The first kappa shape index (κ1) is 23.3. The van der Waals surface area contributed by atoms with E-state index in [9.17, 15) is 18.0 Å². The smallest absolute Gasteiger partial charge is 0.406 e. The van der Waals surface area contributed by atoms with Crippen LogP contribution in [0, 0.1) is 19.8 Å². The molecule has 0 radical (unpaired) electrons. The maximum Gasteiger partial charge on any atom is 0.573 e. The van der Waals surface area contributed by atoms with Crippen molar-refractivity contribution in [2.75, 3.05) is 6.54 Å². The minimum atomic E-state index is -4.78. The van der Waals surface area contributed by atoms with Gasteiger partial charge in [-0.3, -0.25) is 4.79 Å². The van der Waals surface area contributed by atoms with Gasteiger partial charge in [0.05, 0.1) is 11.3 Å². The molecule has 2 N–H and O–H groups in total. The van der Waals surface area contributed by atoms with Crippen molar-refractivity contribution in [1.82, 2.24) is 20.5 Å². The number of H-pyrrole nitrogens is 1. The van der Waals surface area contributed by atoms with Crippen LogP contribution in [-0.2, 0) is 0 Å². The second-order valence-corrected chi connectivity index (χ2v) is 9.62. The summed E-state index contributed by atoms with van der Waals surface area (Å²) in [5.41, 5.74) is 2.05. The van der Waals surface area contributed by atoms with Gasteiger partial charge in [0, 0.05) is 23.7 Å². The van der Waals surface area contributed by atoms with E-state index in [1.165, 1.54) is 18.2 Å². The minimum Gasteiger partial charge on any atom is -0.406 e. The lowest BCUT2D eigenvalue weighted by Gasteiger charge is -2.27. The molecule has 1 aliphatic rings. The monoisotopic (exact) mass is 478 g/mol. The van der Waals surface area contributed by atoms with E-state index < -0.39 is 6.36 Å². The number of carbonyl (C=O) groups is 1. The number of alkyl halides is 3. The van der Waals surface area contributed by atoms with Gasteiger partial charge < -0.3 is 15.0 Å². The molecule has 0 bridgehead atoms. The van der Waals surface area contributed by atoms with E-state index in [2.05, 4.69) is 25.2 Å². The molecular formula is C23H25F3N4O2S. The number of aromatic nitrogens is 3. The van der Waals surface area contributed by atoms with Crippen molar-refractivity contribution in [3.05, 3.63) is 51.6 Å². The molecule has 1 aromatic carbocycles. The number of aromatic amines is 1. The summed E-state index contributed by atoms with van der Waals surface area (Å²) >= 11 is 1.65. The van der Waals surface area contributed by atoms with Crippen LogP contribution >= 0.6 is 11.3 Å². The maximum absolute atomic E-state index is 12.9. The van der Waals surface area contributed by atoms with Gasteiger partial charge in [0.25, 0.3) is 5.91 Å². The molecule has 1 fully saturated rings. The van der Waals surface area contributed by atoms with Crippen LogP contribution in [0.4, 0.5) is 13.2 Å². The lowest BCUT2D eigenvalue weighted by Crippen LogP contribution is -2.31. The lowest BCUT2D eigenvalue weighted by molar-refractivity contribution is -0.274. The van der Waals surface area contributed by atoms with Gasteiger partial charge >= 0.3 is 6.36 Å². The van der Waals surface area contributed by atoms with Gasteiger partial charge in [-0.15, -0.1) is 34.7 Å². The fraction of sp³-hybridized carbons (Fsp3) is 0.435. The third-order valence-electron chi connectivity index (χ3n) is 5.84. The molecular weight excluding hydrogens is 453 g/mol. The summed E-state index contributed by atoms with van der Waals surface area (Å²) in [6.07, 6.45) is -0.734. The van der Waals surface area contributed by atoms with E-state index in [0.29, 0.717) is 35.2 Å². The number of benzene rings is 1. The summed E-state index contributed by atoms with van der Waals surface area (Å²) in [5.74, 6) is 0.235. The quantitative estimate of drug-likeness (QED) is 0.473. The van der Waals surface area contributed by atoms with E-state index >= 15 is 0 Å². The molecule has 3 aromatic rings. The van der Waals surface area contributed by atoms with Gasteiger partial charge in [-0.25, -0.2) is 0 Å². The number of ether oxygens (including phenoxy) is 1. The van der Waals surface area contributed by atoms with Crippen LogP contribution < -0.4 is 10.1 Å². The average molecular weight is 479 g/mol. The Balaban J connectivity index is 1.38. The van der Waals surface area contributed by atoms with Crippen molar-refractivity contribution in [3.8, 4) is 17.0 Å². The Kier molecular flexibility index (Phi) is 6.73. The summed E-state index contributed by atoms with van der Waals surface area (Å²) < 4.78 is 41.8. The van der Waals surface area contributed by atoms with E-state index in [0.717, 1.165) is 41.4 Å². The molecule has 0 saturated heterocycles. The van der Waals surface area contributed by atoms with Crippen LogP contribution in [0.5, 0.6) is 5.75 Å². The molecule has 2 heterocycles. The number of nitrogens with zero attached hydrogens (tertiary/aromatic N) is 2. The fourth-order valence-electron chi connectivity index (χ4n) is 4.27. The first-order valence-corrected chi connectivity index (χ1v) is 11.6. The first-order chi connectivity index (χ1) is 15.7. The molecule has 1 amide bonds. The molecule has 4 rings (SSSR count). The van der Waals surface area contributed by atoms with Crippen LogP contribution in [0.3, 0.4) is 0 Å². The van der Waals surface area contributed by atoms with Crippen LogP contribution in [0.2, 0.25) is 0 Å². The molecule has 2 aromatic heterocycles. The van der Waals surface area contributed by atoms with Crippen LogP contribution in [0.25, 0.3) is 11.3 Å². The second kappa shape index (κ2) is 9.54. The molecule has 6 nitrogen and oxygen atoms in total. The molecule has 0 atom stereocenters. The first-order valence-electron chi connectivity index (χ1n) is 10.8. The normalized spacial score (nSPS) is 18.8. The molecule has 1 saturated carbocycles. The van der Waals surface area contributed by atoms with Crippen molar-refractivity contribution in [3.63, 3.8) is 0 Å². The summed E-state index contributed by atoms with van der Waals surface area (Å²) in [6.45, 7) is 4.31. The number of carbonyl (C=O) groups excluding carboxylic acids is 1. The van der Waals surface area contributed by atoms with Crippen molar-refractivity contribution in [2.45, 2.75) is 51.8 Å². The highest BCUT2D eigenvalue weighted by molar-refractivity contribution is 7.11. The number of hydrogen-bond donors (Lipinski definition) is 2. The highest BCUT2D eigenvalue weighted by Crippen LogP contribution is 2.37. The number of rotatable bonds is 6. The molecule has 33 heavy (non-hydrogen) atoms. The van der Waals surface area contributed by atoms with Gasteiger partial charge in [0.1, 0.15) is 15.8 Å². The summed E-state index contributed by atoms with van der Waals surface area (Å²) in [5, 5.41) is 13.5. The Bertz CT molecular complexity index is 1120. The number of aryl methyl sites for hydroxylation is 2. The second-order valence-electron chi connectivity index (χ2n) is 8.40. The van der Waals surface area contributed by atoms with Crippen molar-refractivity contribution >= 4 is 17.2 Å². The SMILES string of the molecule is Cc1cc(C(=O)NCC2CCC(c3nnc(C)s3)CC2)c(-c2cccc(OC(F)(F)F)c2)[nH]1. The number of hydrogen-bond acceptors (Lipinski definition) is 5. The third-order valence-corrected chi connectivity index (χ3v) is 6.84. The van der Waals surface area contributed by atoms with E-state index in [1.54, 1.807) is 30.4 Å². The summed E-state index contributed by atoms with van der Waals surface area (Å²) in [6, 6.07) is 7.31. The van der Waals surface area contributed by atoms with Crippen molar-refractivity contribution < 1.29 is 22.7 Å². The highest BCUT2D eigenvalue weighted by Gasteiger charge is 2.31. The maximum atomic E-state index is 12.9. The number of amides is 1. The molecule has 1 aliphatic carbocycles. The highest BCUT2D eigenvalue weighted by atomic mass is 32.1. The molecule has 0 unspecified atom stereocenters. The zero-order valence-corrected chi connectivity index (χ0v) is 19.1. The van der Waals surface area contributed by atoms with Gasteiger partial charge in [-0.2, -0.15) is 0 Å². The van der Waals surface area contributed by atoms with Crippen LogP contribution in [0.1, 0.15) is 57.7 Å². The minimum absolute atomic E-state index is 0.252. The van der Waals surface area contributed by atoms with Crippen LogP contribution in [0.15, 0.2) is 30.3 Å². The largest absolute Gasteiger partial charge is 0.573 e. The van der Waals surface area contributed by atoms with Crippen LogP contribution in [-0.4, -0.2) is 34.0 Å². The van der Waals surface area contributed by atoms with Gasteiger partial charge in [-0.1, -0.05) is 12.1 Å². The summed E-state index contributed by atoms with van der Waals surface area (Å²) in [4.78, 5) is 16.0. The van der Waals surface area contributed by atoms with Gasteiger partial charge in [0.2, 0.25) is 0 Å². The predicted octanol–water partition coefficient (Wildman–Crippen LogP) is 5.75. The van der Waals surface area contributed by atoms with E-state index in [-0.39, 0.29) is 11.7 Å². The lowest BCUT2D eigenvalue weighted by atomic mass is 9.82. The van der Waals surface area contributed by atoms with Crippen molar-refractivity contribution in [1.29, 1.82) is 0 Å². The zero-order chi connectivity index (χ0) is 23.6. The Morgan fingerprint density at radius 1 is 1.18 bits per heavy atom. The third kappa shape index (κ3) is 5.93. The van der Waals surface area contributed by atoms with Gasteiger partial charge in [-0.05, 0) is 63.6 Å². The van der Waals surface area contributed by atoms with E-state index in [4.69, 9.17) is 0 Å². The van der Waals surface area contributed by atoms with Crippen molar-refractivity contribution in [2.24, 2.45) is 5.92 Å². The number of halogens is 3. The Morgan fingerprint density at radius 3 is 2.61 bits per heavy atom. The molecule has 0 aliphatic heterocycles. The predicted molar refractivity (Wildman–Crippen MR) is 119 cm³/mol. The fourth-order valence-corrected chi connectivity index (χ4v) is 5.14. The standard InChI is InChI=1S/C23H25F3N4O2S/c1-13-10-19(20(28-13)17-4-3-5-18(11-17)32-23(24,25)26)21(31)27-12-15-6-8-16(9-7-15)22-30-29-14(2)33-22/h3-5,10-11,15-16,28H,6-9,12H2,1-2H3,(H,27,31). The number of nitrogens with one attached hydrogen (secondary N) is 2. The topological polar surface area (TPSA) is 79.9 Å². The zero-order valence-electron chi connectivity index (χ0n) is 18.3. The Hall–Kier alpha value is -2.88. The average Bonchev–Trinajstić information content (AvgIpc) is 3.37. The molecule has 10 heteroatoms.